The molecule has 0 bridgehead atoms. The largest absolute Gasteiger partial charge is 0.392 e. The Bertz CT molecular complexity index is 1050. The van der Waals surface area contributed by atoms with E-state index < -0.39 is 42.2 Å². The van der Waals surface area contributed by atoms with Crippen molar-refractivity contribution in [2.45, 2.75) is 76.6 Å². The van der Waals surface area contributed by atoms with Crippen LogP contribution in [0.25, 0.3) is 0 Å². The van der Waals surface area contributed by atoms with Crippen molar-refractivity contribution in [1.82, 2.24) is 10.2 Å². The van der Waals surface area contributed by atoms with Crippen LogP contribution in [0.15, 0.2) is 18.2 Å². The molecule has 1 N–H and O–H groups in total. The molecule has 2 saturated carbocycles. The molecule has 3 fully saturated rings. The number of hydrogen-bond donors (Lipinski definition) is 1. The summed E-state index contributed by atoms with van der Waals surface area (Å²) in [5.41, 5.74) is 1.27. The number of ketones is 1. The molecule has 9 heteroatoms. The fourth-order valence-corrected chi connectivity index (χ4v) is 5.95. The van der Waals surface area contributed by atoms with E-state index in [-0.39, 0.29) is 42.2 Å². The fourth-order valence-electron chi connectivity index (χ4n) is 5.95. The number of benzene rings is 1. The van der Waals surface area contributed by atoms with Gasteiger partial charge in [0, 0.05) is 30.5 Å². The monoisotopic (exact) mass is 476 g/mol. The summed E-state index contributed by atoms with van der Waals surface area (Å²) in [6.45, 7) is 0.0783. The van der Waals surface area contributed by atoms with Crippen molar-refractivity contribution in [3.63, 3.8) is 0 Å². The number of hydrogen-bond acceptors (Lipinski definition) is 4. The molecule has 6 nitrogen and oxygen atoms in total. The molecule has 1 saturated heterocycles. The van der Waals surface area contributed by atoms with Gasteiger partial charge in [-0.3, -0.25) is 24.5 Å². The molecule has 182 valence electrons. The molecule has 1 aromatic rings. The van der Waals surface area contributed by atoms with Gasteiger partial charge in [-0.05, 0) is 74.0 Å². The van der Waals surface area contributed by atoms with Crippen LogP contribution in [0.4, 0.5) is 13.2 Å². The fraction of sp³-hybridized carbons (Fsp3) is 0.600. The first-order valence-electron chi connectivity index (χ1n) is 11.9. The molecule has 1 aromatic carbocycles. The minimum atomic E-state index is -4.44. The molecule has 1 unspecified atom stereocenters. The van der Waals surface area contributed by atoms with Crippen LogP contribution >= 0.6 is 0 Å². The van der Waals surface area contributed by atoms with Gasteiger partial charge in [0.25, 0.3) is 5.91 Å². The van der Waals surface area contributed by atoms with Crippen molar-refractivity contribution >= 4 is 23.5 Å². The zero-order chi connectivity index (χ0) is 24.3. The number of halogens is 3. The van der Waals surface area contributed by atoms with Gasteiger partial charge in [-0.15, -0.1) is 0 Å². The molecule has 1 spiro atoms. The first-order valence-corrected chi connectivity index (χ1v) is 11.9. The van der Waals surface area contributed by atoms with Gasteiger partial charge in [0.15, 0.2) is 5.78 Å². The number of imide groups is 1. The molecule has 34 heavy (non-hydrogen) atoms. The molecule has 3 amide bonds. The van der Waals surface area contributed by atoms with E-state index in [1.54, 1.807) is 0 Å². The van der Waals surface area contributed by atoms with Gasteiger partial charge in [-0.25, -0.2) is 0 Å². The number of fused-ring (bicyclic) bond motifs is 1. The lowest BCUT2D eigenvalue weighted by atomic mass is 9.72. The predicted molar refractivity (Wildman–Crippen MR) is 115 cm³/mol. The van der Waals surface area contributed by atoms with Gasteiger partial charge in [0.2, 0.25) is 11.8 Å². The van der Waals surface area contributed by atoms with Crippen molar-refractivity contribution in [2.24, 2.45) is 17.3 Å². The average molecular weight is 476 g/mol. The number of Topliss-reactive ketones (excluding diaryl/α,β-unsaturated/α-hetero) is 1. The highest BCUT2D eigenvalue weighted by Crippen LogP contribution is 2.59. The van der Waals surface area contributed by atoms with E-state index in [2.05, 4.69) is 5.32 Å². The van der Waals surface area contributed by atoms with E-state index in [9.17, 15) is 32.3 Å². The smallest absolute Gasteiger partial charge is 0.322 e. The number of carbonyl (C=O) groups excluding carboxylic acids is 4. The Labute approximate surface area is 195 Å². The predicted octanol–water partition coefficient (Wildman–Crippen LogP) is 4.17. The standard InChI is InChI=1S/C25H27F3N2O4/c26-25(27,28)18(14-5-7-24(8-6-14)9-10-24)12-20(31)15-1-2-17-16(11-15)13-30(23(17)34)19-3-4-21(32)29-22(19)33/h1-2,11,14,18-19H,3-10,12-13H2,(H,29,32,33)/t18-,19?/m1/s1. The van der Waals surface area contributed by atoms with E-state index in [1.165, 1.54) is 23.1 Å². The first-order chi connectivity index (χ1) is 16.1. The number of piperidine rings is 1. The summed E-state index contributed by atoms with van der Waals surface area (Å²) >= 11 is 0. The van der Waals surface area contributed by atoms with Crippen LogP contribution in [0.5, 0.6) is 0 Å². The van der Waals surface area contributed by atoms with Crippen LogP contribution < -0.4 is 5.32 Å². The summed E-state index contributed by atoms with van der Waals surface area (Å²) in [6.07, 6.45) is 0.180. The molecule has 4 aliphatic rings. The van der Waals surface area contributed by atoms with E-state index in [4.69, 9.17) is 0 Å². The highest BCUT2D eigenvalue weighted by atomic mass is 19.4. The van der Waals surface area contributed by atoms with E-state index in [1.807, 2.05) is 0 Å². The second-order valence-electron chi connectivity index (χ2n) is 10.4. The second-order valence-corrected chi connectivity index (χ2v) is 10.4. The number of nitrogens with zero attached hydrogens (tertiary/aromatic N) is 1. The summed E-state index contributed by atoms with van der Waals surface area (Å²) in [5.74, 6) is -4.08. The van der Waals surface area contributed by atoms with Gasteiger partial charge in [-0.1, -0.05) is 6.07 Å². The highest BCUT2D eigenvalue weighted by Gasteiger charge is 2.51. The van der Waals surface area contributed by atoms with Crippen LogP contribution in [0, 0.1) is 17.3 Å². The normalized spacial score (nSPS) is 25.3. The van der Waals surface area contributed by atoms with Gasteiger partial charge in [-0.2, -0.15) is 13.2 Å². The lowest BCUT2D eigenvalue weighted by molar-refractivity contribution is -0.191. The SMILES string of the molecule is O=C1CCC(N2Cc3cc(C(=O)C[C@H](C4CCC5(CC4)CC5)C(F)(F)F)ccc3C2=O)C(=O)N1. The Morgan fingerprint density at radius 3 is 2.41 bits per heavy atom. The minimum absolute atomic E-state index is 0.0783. The van der Waals surface area contributed by atoms with E-state index in [0.717, 1.165) is 25.7 Å². The minimum Gasteiger partial charge on any atom is -0.322 e. The molecule has 2 aliphatic carbocycles. The molecule has 0 radical (unpaired) electrons. The van der Waals surface area contributed by atoms with Crippen molar-refractivity contribution < 1.29 is 32.3 Å². The van der Waals surface area contributed by atoms with Crippen LogP contribution in [-0.4, -0.2) is 40.6 Å². The van der Waals surface area contributed by atoms with Crippen LogP contribution in [0.1, 0.15) is 84.1 Å². The lowest BCUT2D eigenvalue weighted by Gasteiger charge is -2.35. The van der Waals surface area contributed by atoms with Crippen molar-refractivity contribution in [3.8, 4) is 0 Å². The molecule has 2 atom stereocenters. The zero-order valence-corrected chi connectivity index (χ0v) is 18.7. The van der Waals surface area contributed by atoms with Crippen LogP contribution in [-0.2, 0) is 16.1 Å². The van der Waals surface area contributed by atoms with Gasteiger partial charge >= 0.3 is 6.18 Å². The highest BCUT2D eigenvalue weighted by molar-refractivity contribution is 6.06. The Kier molecular flexibility index (Phi) is 5.56. The second kappa shape index (κ2) is 8.20. The third kappa shape index (κ3) is 4.25. The Hall–Kier alpha value is -2.71. The molecule has 2 heterocycles. The maximum absolute atomic E-state index is 13.9. The third-order valence-corrected chi connectivity index (χ3v) is 8.29. The maximum Gasteiger partial charge on any atom is 0.392 e. The summed E-state index contributed by atoms with van der Waals surface area (Å²) in [5, 5.41) is 2.23. The summed E-state index contributed by atoms with van der Waals surface area (Å²) < 4.78 is 41.7. The number of rotatable bonds is 5. The summed E-state index contributed by atoms with van der Waals surface area (Å²) in [7, 11) is 0. The first kappa shape index (κ1) is 23.1. The van der Waals surface area contributed by atoms with E-state index in [0.29, 0.717) is 24.0 Å². The molecular formula is C25H27F3N2O4. The quantitative estimate of drug-likeness (QED) is 0.511. The van der Waals surface area contributed by atoms with Gasteiger partial charge in [0.05, 0.1) is 5.92 Å². The summed E-state index contributed by atoms with van der Waals surface area (Å²) in [4.78, 5) is 50.7. The number of alkyl halides is 3. The van der Waals surface area contributed by atoms with Gasteiger partial charge in [0.1, 0.15) is 6.04 Å². The average Bonchev–Trinajstić information content (AvgIpc) is 3.46. The van der Waals surface area contributed by atoms with Crippen molar-refractivity contribution in [1.29, 1.82) is 0 Å². The van der Waals surface area contributed by atoms with E-state index >= 15 is 0 Å². The molecule has 0 aromatic heterocycles. The Balaban J connectivity index is 1.29. The van der Waals surface area contributed by atoms with Crippen LogP contribution in [0.2, 0.25) is 0 Å². The Morgan fingerprint density at radius 2 is 1.79 bits per heavy atom. The number of amides is 3. The van der Waals surface area contributed by atoms with Crippen molar-refractivity contribution in [2.75, 3.05) is 0 Å². The summed E-state index contributed by atoms with van der Waals surface area (Å²) in [6, 6.07) is 3.55. The van der Waals surface area contributed by atoms with Crippen molar-refractivity contribution in [3.05, 3.63) is 34.9 Å². The molecule has 2 aliphatic heterocycles. The maximum atomic E-state index is 13.9. The number of carbonyl (C=O) groups is 4. The topological polar surface area (TPSA) is 83.6 Å². The van der Waals surface area contributed by atoms with Crippen LogP contribution in [0.3, 0.4) is 0 Å². The Morgan fingerprint density at radius 1 is 1.09 bits per heavy atom. The third-order valence-electron chi connectivity index (χ3n) is 8.29. The zero-order valence-electron chi connectivity index (χ0n) is 18.7. The molecular weight excluding hydrogens is 449 g/mol. The lowest BCUT2D eigenvalue weighted by Crippen LogP contribution is -2.52. The van der Waals surface area contributed by atoms with Gasteiger partial charge < -0.3 is 4.90 Å². The molecule has 5 rings (SSSR count). The number of nitrogens with one attached hydrogen (secondary N) is 1.